The van der Waals surface area contributed by atoms with Crippen molar-refractivity contribution in [3.05, 3.63) is 22.6 Å². The molecule has 6 heteroatoms. The maximum Gasteiger partial charge on any atom is 0.268 e. The van der Waals surface area contributed by atoms with E-state index in [2.05, 4.69) is 5.10 Å². The number of rotatable bonds is 6. The van der Waals surface area contributed by atoms with Crippen molar-refractivity contribution in [2.24, 2.45) is 5.73 Å². The molecule has 2 N–H and O–H groups in total. The average molecular weight is 238 g/mol. The summed E-state index contributed by atoms with van der Waals surface area (Å²) >= 11 is 0. The van der Waals surface area contributed by atoms with Crippen LogP contribution in [0.15, 0.2) is 17.1 Å². The van der Waals surface area contributed by atoms with Crippen LogP contribution in [-0.2, 0) is 11.3 Å². The minimum Gasteiger partial charge on any atom is -0.371 e. The number of hydrogen-bond donors (Lipinski definition) is 1. The highest BCUT2D eigenvalue weighted by Gasteiger charge is 2.05. The second-order valence-corrected chi connectivity index (χ2v) is 3.66. The predicted octanol–water partition coefficient (Wildman–Crippen LogP) is -0.0351. The van der Waals surface area contributed by atoms with Gasteiger partial charge in [0, 0.05) is 25.6 Å². The first-order chi connectivity index (χ1) is 8.08. The fraction of sp³-hybridized carbons (Fsp3) is 0.545. The van der Waals surface area contributed by atoms with Gasteiger partial charge < -0.3 is 10.6 Å². The number of nitrogens with zero attached hydrogens (tertiary/aromatic N) is 3. The Morgan fingerprint density at radius 1 is 1.47 bits per heavy atom. The van der Waals surface area contributed by atoms with Crippen molar-refractivity contribution in [2.75, 3.05) is 18.0 Å². The maximum atomic E-state index is 11.7. The second-order valence-electron chi connectivity index (χ2n) is 3.66. The van der Waals surface area contributed by atoms with Gasteiger partial charge in [-0.3, -0.25) is 9.59 Å². The van der Waals surface area contributed by atoms with E-state index in [1.807, 2.05) is 18.7 Å². The molecule has 0 spiro atoms. The molecule has 0 aliphatic carbocycles. The molecule has 0 aromatic carbocycles. The SMILES string of the molecule is CCN(CC)c1cnn(CCC(N)=O)c(=O)c1. The van der Waals surface area contributed by atoms with Crippen LogP contribution < -0.4 is 16.2 Å². The number of nitrogens with two attached hydrogens (primary N) is 1. The van der Waals surface area contributed by atoms with E-state index in [-0.39, 0.29) is 18.5 Å². The first kappa shape index (κ1) is 13.2. The van der Waals surface area contributed by atoms with E-state index in [1.54, 1.807) is 6.20 Å². The van der Waals surface area contributed by atoms with E-state index in [0.29, 0.717) is 0 Å². The van der Waals surface area contributed by atoms with Crippen LogP contribution in [0.3, 0.4) is 0 Å². The maximum absolute atomic E-state index is 11.7. The lowest BCUT2D eigenvalue weighted by Crippen LogP contribution is -2.28. The number of hydrogen-bond acceptors (Lipinski definition) is 4. The summed E-state index contributed by atoms with van der Waals surface area (Å²) in [5.74, 6) is -0.438. The van der Waals surface area contributed by atoms with Gasteiger partial charge in [0.15, 0.2) is 0 Å². The standard InChI is InChI=1S/C11H18N4O2/c1-3-14(4-2)9-7-11(17)15(13-8-9)6-5-10(12)16/h7-8H,3-6H2,1-2H3,(H2,12,16). The Balaban J connectivity index is 2.86. The quantitative estimate of drug-likeness (QED) is 0.754. The van der Waals surface area contributed by atoms with Crippen LogP contribution in [0.2, 0.25) is 0 Å². The Kier molecular flexibility index (Phi) is 4.68. The van der Waals surface area contributed by atoms with Crippen LogP contribution in [0.1, 0.15) is 20.3 Å². The van der Waals surface area contributed by atoms with Crippen LogP contribution in [-0.4, -0.2) is 28.8 Å². The lowest BCUT2D eigenvalue weighted by Gasteiger charge is -2.20. The molecule has 1 amide bonds. The summed E-state index contributed by atoms with van der Waals surface area (Å²) in [4.78, 5) is 24.4. The summed E-state index contributed by atoms with van der Waals surface area (Å²) in [6.07, 6.45) is 1.76. The van der Waals surface area contributed by atoms with Gasteiger partial charge in [-0.05, 0) is 13.8 Å². The van der Waals surface area contributed by atoms with Crippen molar-refractivity contribution in [1.29, 1.82) is 0 Å². The van der Waals surface area contributed by atoms with Crippen molar-refractivity contribution in [3.63, 3.8) is 0 Å². The molecule has 0 atom stereocenters. The van der Waals surface area contributed by atoms with E-state index < -0.39 is 5.91 Å². The van der Waals surface area contributed by atoms with Crippen molar-refractivity contribution in [1.82, 2.24) is 9.78 Å². The lowest BCUT2D eigenvalue weighted by atomic mass is 10.3. The fourth-order valence-corrected chi connectivity index (χ4v) is 1.57. The van der Waals surface area contributed by atoms with E-state index in [0.717, 1.165) is 18.8 Å². The summed E-state index contributed by atoms with van der Waals surface area (Å²) in [6, 6.07) is 1.53. The molecule has 1 heterocycles. The number of aromatic nitrogens is 2. The van der Waals surface area contributed by atoms with Crippen molar-refractivity contribution in [3.8, 4) is 0 Å². The molecule has 0 radical (unpaired) electrons. The number of primary amides is 1. The molecule has 0 saturated heterocycles. The van der Waals surface area contributed by atoms with E-state index in [1.165, 1.54) is 10.7 Å². The van der Waals surface area contributed by atoms with E-state index in [9.17, 15) is 9.59 Å². The van der Waals surface area contributed by atoms with E-state index in [4.69, 9.17) is 5.73 Å². The summed E-state index contributed by atoms with van der Waals surface area (Å²) in [6.45, 7) is 5.91. The van der Waals surface area contributed by atoms with Gasteiger partial charge in [0.25, 0.3) is 5.56 Å². The highest BCUT2D eigenvalue weighted by molar-refractivity contribution is 5.73. The van der Waals surface area contributed by atoms with Gasteiger partial charge in [0.05, 0.1) is 18.4 Å². The number of aryl methyl sites for hydroxylation is 1. The Bertz CT molecular complexity index is 437. The summed E-state index contributed by atoms with van der Waals surface area (Å²) in [5.41, 5.74) is 5.61. The number of carbonyl (C=O) groups excluding carboxylic acids is 1. The summed E-state index contributed by atoms with van der Waals surface area (Å²) in [7, 11) is 0. The van der Waals surface area contributed by atoms with Gasteiger partial charge in [-0.2, -0.15) is 5.10 Å². The van der Waals surface area contributed by atoms with Gasteiger partial charge in [-0.15, -0.1) is 0 Å². The Morgan fingerprint density at radius 3 is 2.59 bits per heavy atom. The molecular formula is C11H18N4O2. The summed E-state index contributed by atoms with van der Waals surface area (Å²) in [5, 5.41) is 4.02. The molecule has 0 aliphatic heterocycles. The molecule has 1 aromatic heterocycles. The molecule has 1 aromatic rings. The molecule has 0 unspecified atom stereocenters. The van der Waals surface area contributed by atoms with Gasteiger partial charge in [0.2, 0.25) is 5.91 Å². The van der Waals surface area contributed by atoms with Crippen LogP contribution >= 0.6 is 0 Å². The molecule has 0 saturated carbocycles. The number of anilines is 1. The zero-order chi connectivity index (χ0) is 12.8. The molecular weight excluding hydrogens is 220 g/mol. The molecule has 94 valence electrons. The third-order valence-corrected chi connectivity index (χ3v) is 2.55. The second kappa shape index (κ2) is 6.03. The smallest absolute Gasteiger partial charge is 0.268 e. The minimum atomic E-state index is -0.438. The van der Waals surface area contributed by atoms with Crippen LogP contribution in [0, 0.1) is 0 Å². The molecule has 6 nitrogen and oxygen atoms in total. The number of amides is 1. The van der Waals surface area contributed by atoms with Crippen molar-refractivity contribution < 1.29 is 4.79 Å². The van der Waals surface area contributed by atoms with E-state index >= 15 is 0 Å². The molecule has 1 rings (SSSR count). The van der Waals surface area contributed by atoms with Crippen molar-refractivity contribution in [2.45, 2.75) is 26.8 Å². The van der Waals surface area contributed by atoms with Gasteiger partial charge >= 0.3 is 0 Å². The molecule has 0 aliphatic rings. The largest absolute Gasteiger partial charge is 0.371 e. The normalized spacial score (nSPS) is 10.2. The monoisotopic (exact) mass is 238 g/mol. The zero-order valence-corrected chi connectivity index (χ0v) is 10.2. The lowest BCUT2D eigenvalue weighted by molar-refractivity contribution is -0.118. The van der Waals surface area contributed by atoms with Gasteiger partial charge in [-0.25, -0.2) is 4.68 Å². The number of carbonyl (C=O) groups is 1. The average Bonchev–Trinajstić information content (AvgIpc) is 2.29. The highest BCUT2D eigenvalue weighted by Crippen LogP contribution is 2.08. The first-order valence-corrected chi connectivity index (χ1v) is 5.68. The topological polar surface area (TPSA) is 81.2 Å². The van der Waals surface area contributed by atoms with Crippen LogP contribution in [0.25, 0.3) is 0 Å². The van der Waals surface area contributed by atoms with Crippen LogP contribution in [0.4, 0.5) is 5.69 Å². The Hall–Kier alpha value is -1.85. The highest BCUT2D eigenvalue weighted by atomic mass is 16.1. The zero-order valence-electron chi connectivity index (χ0n) is 10.2. The summed E-state index contributed by atoms with van der Waals surface area (Å²) < 4.78 is 1.25. The first-order valence-electron chi connectivity index (χ1n) is 5.68. The molecule has 17 heavy (non-hydrogen) atoms. The molecule has 0 bridgehead atoms. The third kappa shape index (κ3) is 3.58. The fourth-order valence-electron chi connectivity index (χ4n) is 1.57. The van der Waals surface area contributed by atoms with Gasteiger partial charge in [0.1, 0.15) is 0 Å². The van der Waals surface area contributed by atoms with Crippen LogP contribution in [0.5, 0.6) is 0 Å². The van der Waals surface area contributed by atoms with Gasteiger partial charge in [-0.1, -0.05) is 0 Å². The molecule has 0 fully saturated rings. The third-order valence-electron chi connectivity index (χ3n) is 2.55. The predicted molar refractivity (Wildman–Crippen MR) is 65.9 cm³/mol. The van der Waals surface area contributed by atoms with Crippen molar-refractivity contribution >= 4 is 11.6 Å². The Labute approximate surface area is 100 Å². The minimum absolute atomic E-state index is 0.123. The Morgan fingerprint density at radius 2 is 2.12 bits per heavy atom.